The van der Waals surface area contributed by atoms with Gasteiger partial charge in [-0.25, -0.2) is 9.31 Å². The second kappa shape index (κ2) is 4.58. The zero-order valence-corrected chi connectivity index (χ0v) is 10.00. The van der Waals surface area contributed by atoms with Gasteiger partial charge in [-0.05, 0) is 27.1 Å². The molecule has 6 nitrogen and oxygen atoms in total. The van der Waals surface area contributed by atoms with Crippen LogP contribution in [-0.4, -0.2) is 50.8 Å². The molecule has 0 aromatic carbocycles. The summed E-state index contributed by atoms with van der Waals surface area (Å²) < 4.78 is 3.53. The first-order valence-corrected chi connectivity index (χ1v) is 5.50. The number of aryl methyl sites for hydroxylation is 1. The molecule has 0 aliphatic carbocycles. The van der Waals surface area contributed by atoms with Gasteiger partial charge in [0.25, 0.3) is 0 Å². The summed E-state index contributed by atoms with van der Waals surface area (Å²) >= 11 is 0. The molecule has 17 heavy (non-hydrogen) atoms. The second-order valence-electron chi connectivity index (χ2n) is 4.28. The molecule has 0 saturated carbocycles. The van der Waals surface area contributed by atoms with Crippen molar-refractivity contribution < 1.29 is 9.90 Å². The molecule has 0 radical (unpaired) electrons. The number of carboxylic acid groups (broad SMARTS) is 1. The van der Waals surface area contributed by atoms with Crippen LogP contribution in [-0.2, 0) is 6.54 Å². The third-order valence-electron chi connectivity index (χ3n) is 2.66. The molecular weight excluding hydrogens is 220 g/mol. The van der Waals surface area contributed by atoms with E-state index in [0.717, 1.165) is 19.5 Å². The number of nitrogens with zero attached hydrogens (tertiary/aromatic N) is 4. The number of aromatic carboxylic acids is 1. The van der Waals surface area contributed by atoms with Crippen molar-refractivity contribution >= 4 is 11.6 Å². The lowest BCUT2D eigenvalue weighted by atomic mass is 10.3. The van der Waals surface area contributed by atoms with Crippen molar-refractivity contribution in [1.82, 2.24) is 19.1 Å². The molecule has 6 heteroatoms. The normalized spacial score (nSPS) is 11.5. The van der Waals surface area contributed by atoms with E-state index < -0.39 is 5.97 Å². The fraction of sp³-hybridized carbons (Fsp3) is 0.455. The van der Waals surface area contributed by atoms with Crippen molar-refractivity contribution in [3.8, 4) is 0 Å². The summed E-state index contributed by atoms with van der Waals surface area (Å²) in [5, 5.41) is 13.1. The van der Waals surface area contributed by atoms with Crippen LogP contribution in [0.1, 0.15) is 16.8 Å². The molecule has 0 unspecified atom stereocenters. The highest BCUT2D eigenvalue weighted by atomic mass is 16.4. The van der Waals surface area contributed by atoms with Crippen LogP contribution < -0.4 is 0 Å². The van der Waals surface area contributed by atoms with Gasteiger partial charge < -0.3 is 14.6 Å². The molecule has 0 spiro atoms. The molecule has 2 rings (SSSR count). The molecule has 92 valence electrons. The van der Waals surface area contributed by atoms with Gasteiger partial charge in [0.15, 0.2) is 0 Å². The van der Waals surface area contributed by atoms with E-state index in [-0.39, 0.29) is 5.56 Å². The molecule has 0 bridgehead atoms. The Balaban J connectivity index is 2.22. The molecular formula is C11H16N4O2. The maximum Gasteiger partial charge on any atom is 0.341 e. The van der Waals surface area contributed by atoms with E-state index in [9.17, 15) is 4.79 Å². The Morgan fingerprint density at radius 3 is 2.88 bits per heavy atom. The Kier molecular flexibility index (Phi) is 3.14. The average Bonchev–Trinajstić information content (AvgIpc) is 2.79. The third kappa shape index (κ3) is 2.31. The smallest absolute Gasteiger partial charge is 0.341 e. The van der Waals surface area contributed by atoms with Crippen molar-refractivity contribution in [1.29, 1.82) is 0 Å². The molecule has 2 aromatic heterocycles. The van der Waals surface area contributed by atoms with Gasteiger partial charge in [-0.2, -0.15) is 5.10 Å². The Morgan fingerprint density at radius 1 is 1.47 bits per heavy atom. The highest BCUT2D eigenvalue weighted by molar-refractivity contribution is 5.94. The first-order valence-electron chi connectivity index (χ1n) is 5.50. The summed E-state index contributed by atoms with van der Waals surface area (Å²) in [6, 6.07) is 0. The zero-order valence-electron chi connectivity index (χ0n) is 10.00. The van der Waals surface area contributed by atoms with Gasteiger partial charge in [0.2, 0.25) is 0 Å². The number of carbonyl (C=O) groups is 1. The lowest BCUT2D eigenvalue weighted by molar-refractivity contribution is 0.0698. The van der Waals surface area contributed by atoms with Gasteiger partial charge in [-0.1, -0.05) is 0 Å². The maximum absolute atomic E-state index is 11.0. The van der Waals surface area contributed by atoms with Crippen molar-refractivity contribution in [3.05, 3.63) is 24.2 Å². The minimum atomic E-state index is -0.937. The van der Waals surface area contributed by atoms with Crippen LogP contribution >= 0.6 is 0 Å². The fourth-order valence-electron chi connectivity index (χ4n) is 1.85. The molecule has 2 heterocycles. The highest BCUT2D eigenvalue weighted by Gasteiger charge is 2.14. The SMILES string of the molecule is CN(C)CCCn1ccn2ncc(C(=O)O)c12. The van der Waals surface area contributed by atoms with E-state index in [1.54, 1.807) is 10.7 Å². The van der Waals surface area contributed by atoms with Crippen LogP contribution in [0, 0.1) is 0 Å². The van der Waals surface area contributed by atoms with Gasteiger partial charge in [-0.3, -0.25) is 0 Å². The minimum absolute atomic E-state index is 0.250. The lowest BCUT2D eigenvalue weighted by Gasteiger charge is -2.09. The van der Waals surface area contributed by atoms with Crippen LogP contribution in [0.3, 0.4) is 0 Å². The standard InChI is InChI=1S/C11H16N4O2/c1-13(2)4-3-5-14-6-7-15-10(14)9(8-12-15)11(16)17/h6-8H,3-5H2,1-2H3,(H,16,17). The summed E-state index contributed by atoms with van der Waals surface area (Å²) in [6.07, 6.45) is 6.00. The molecule has 2 aromatic rings. The summed E-state index contributed by atoms with van der Waals surface area (Å²) in [7, 11) is 4.04. The number of fused-ring (bicyclic) bond motifs is 1. The van der Waals surface area contributed by atoms with E-state index in [4.69, 9.17) is 5.11 Å². The Hall–Kier alpha value is -1.82. The van der Waals surface area contributed by atoms with E-state index >= 15 is 0 Å². The molecule has 1 N–H and O–H groups in total. The lowest BCUT2D eigenvalue weighted by Crippen LogP contribution is -2.15. The largest absolute Gasteiger partial charge is 0.477 e. The van der Waals surface area contributed by atoms with E-state index in [1.807, 2.05) is 24.9 Å². The number of carboxylic acids is 1. The second-order valence-corrected chi connectivity index (χ2v) is 4.28. The monoisotopic (exact) mass is 236 g/mol. The predicted molar refractivity (Wildman–Crippen MR) is 63.3 cm³/mol. The summed E-state index contributed by atoms with van der Waals surface area (Å²) in [4.78, 5) is 13.1. The summed E-state index contributed by atoms with van der Waals surface area (Å²) in [5.74, 6) is -0.937. The van der Waals surface area contributed by atoms with Crippen LogP contribution in [0.25, 0.3) is 5.65 Å². The minimum Gasteiger partial charge on any atom is -0.477 e. The zero-order chi connectivity index (χ0) is 12.4. The number of rotatable bonds is 5. The van der Waals surface area contributed by atoms with Gasteiger partial charge in [0, 0.05) is 18.9 Å². The van der Waals surface area contributed by atoms with Gasteiger partial charge >= 0.3 is 5.97 Å². The van der Waals surface area contributed by atoms with Gasteiger partial charge in [-0.15, -0.1) is 0 Å². The van der Waals surface area contributed by atoms with Crippen LogP contribution in [0.15, 0.2) is 18.6 Å². The number of hydrogen-bond donors (Lipinski definition) is 1. The molecule has 0 atom stereocenters. The third-order valence-corrected chi connectivity index (χ3v) is 2.66. The predicted octanol–water partition coefficient (Wildman–Crippen LogP) is 0.786. The highest BCUT2D eigenvalue weighted by Crippen LogP contribution is 2.12. The summed E-state index contributed by atoms with van der Waals surface area (Å²) in [5.41, 5.74) is 0.899. The van der Waals surface area contributed by atoms with E-state index in [2.05, 4.69) is 10.00 Å². The number of imidazole rings is 1. The molecule has 0 amide bonds. The molecule has 0 saturated heterocycles. The topological polar surface area (TPSA) is 62.8 Å². The molecule has 0 aliphatic heterocycles. The first-order chi connectivity index (χ1) is 8.09. The Labute approximate surface area is 99.1 Å². The Morgan fingerprint density at radius 2 is 2.24 bits per heavy atom. The Bertz CT molecular complexity index is 527. The quantitative estimate of drug-likeness (QED) is 0.833. The van der Waals surface area contributed by atoms with Crippen LogP contribution in [0.4, 0.5) is 0 Å². The van der Waals surface area contributed by atoms with Gasteiger partial charge in [0.05, 0.1) is 6.20 Å². The van der Waals surface area contributed by atoms with Crippen molar-refractivity contribution in [3.63, 3.8) is 0 Å². The first kappa shape index (κ1) is 11.7. The van der Waals surface area contributed by atoms with Crippen LogP contribution in [0.5, 0.6) is 0 Å². The summed E-state index contributed by atoms with van der Waals surface area (Å²) in [6.45, 7) is 1.77. The average molecular weight is 236 g/mol. The van der Waals surface area contributed by atoms with Gasteiger partial charge in [0.1, 0.15) is 11.2 Å². The molecule has 0 aliphatic rings. The van der Waals surface area contributed by atoms with Crippen molar-refractivity contribution in [2.45, 2.75) is 13.0 Å². The number of aromatic nitrogens is 3. The van der Waals surface area contributed by atoms with Crippen LogP contribution in [0.2, 0.25) is 0 Å². The number of hydrogen-bond acceptors (Lipinski definition) is 3. The maximum atomic E-state index is 11.0. The van der Waals surface area contributed by atoms with E-state index in [0.29, 0.717) is 5.65 Å². The fourth-order valence-corrected chi connectivity index (χ4v) is 1.85. The van der Waals surface area contributed by atoms with Crippen molar-refractivity contribution in [2.75, 3.05) is 20.6 Å². The van der Waals surface area contributed by atoms with Crippen molar-refractivity contribution in [2.24, 2.45) is 0 Å². The van der Waals surface area contributed by atoms with E-state index in [1.165, 1.54) is 6.20 Å². The molecule has 0 fully saturated rings.